The van der Waals surface area contributed by atoms with Crippen molar-refractivity contribution in [2.45, 2.75) is 30.2 Å². The van der Waals surface area contributed by atoms with Crippen LogP contribution in [0, 0.1) is 16.0 Å². The van der Waals surface area contributed by atoms with Crippen molar-refractivity contribution in [1.82, 2.24) is 4.90 Å². The van der Waals surface area contributed by atoms with Crippen molar-refractivity contribution >= 4 is 21.2 Å². The van der Waals surface area contributed by atoms with Crippen LogP contribution in [-0.2, 0) is 14.6 Å². The third-order valence-corrected chi connectivity index (χ3v) is 6.20. The molecule has 1 aromatic carbocycles. The predicted octanol–water partition coefficient (Wildman–Crippen LogP) is 1.91. The number of nitro benzene ring substituents is 1. The summed E-state index contributed by atoms with van der Waals surface area (Å²) in [7, 11) is -3.67. The van der Waals surface area contributed by atoms with Crippen LogP contribution in [0.4, 0.5) is 11.4 Å². The van der Waals surface area contributed by atoms with E-state index in [4.69, 9.17) is 4.74 Å². The number of nitrogens with zero attached hydrogens (tertiary/aromatic N) is 2. The molecule has 1 N–H and O–H groups in total. The van der Waals surface area contributed by atoms with Gasteiger partial charge in [-0.1, -0.05) is 6.07 Å². The van der Waals surface area contributed by atoms with Gasteiger partial charge in [-0.05, 0) is 37.3 Å². The van der Waals surface area contributed by atoms with Gasteiger partial charge in [-0.15, -0.1) is 0 Å². The molecule has 26 heavy (non-hydrogen) atoms. The molecule has 1 aromatic rings. The number of hydrogen-bond acceptors (Lipinski definition) is 7. The van der Waals surface area contributed by atoms with Crippen molar-refractivity contribution in [3.63, 3.8) is 0 Å². The lowest BCUT2D eigenvalue weighted by atomic mass is 10.0. The first-order valence-electron chi connectivity index (χ1n) is 8.88. The molecule has 2 fully saturated rings. The van der Waals surface area contributed by atoms with E-state index in [0.717, 1.165) is 58.4 Å². The summed E-state index contributed by atoms with van der Waals surface area (Å²) in [5.41, 5.74) is -0.0823. The fourth-order valence-corrected chi connectivity index (χ4v) is 4.56. The highest BCUT2D eigenvalue weighted by Gasteiger charge is 2.29. The Labute approximate surface area is 153 Å². The minimum absolute atomic E-state index is 0.0968. The van der Waals surface area contributed by atoms with Crippen molar-refractivity contribution in [2.75, 3.05) is 44.4 Å². The van der Waals surface area contributed by atoms with Gasteiger partial charge in [0.25, 0.3) is 0 Å². The number of nitro groups is 1. The lowest BCUT2D eigenvalue weighted by Crippen LogP contribution is -2.41. The Balaban J connectivity index is 1.65. The molecule has 0 radical (unpaired) electrons. The van der Waals surface area contributed by atoms with Gasteiger partial charge in [0, 0.05) is 38.5 Å². The molecule has 2 saturated heterocycles. The molecule has 1 unspecified atom stereocenters. The lowest BCUT2D eigenvalue weighted by Gasteiger charge is -2.34. The first kappa shape index (κ1) is 19.1. The number of hydrogen-bond donors (Lipinski definition) is 1. The molecule has 0 saturated carbocycles. The third kappa shape index (κ3) is 4.52. The molecule has 0 amide bonds. The maximum absolute atomic E-state index is 11.9. The van der Waals surface area contributed by atoms with Crippen LogP contribution >= 0.6 is 0 Å². The molecule has 2 aliphatic heterocycles. The Morgan fingerprint density at radius 2 is 2.04 bits per heavy atom. The van der Waals surface area contributed by atoms with Gasteiger partial charge in [0.2, 0.25) is 0 Å². The second kappa shape index (κ2) is 7.89. The van der Waals surface area contributed by atoms with E-state index in [1.807, 2.05) is 0 Å². The molecule has 0 bridgehead atoms. The van der Waals surface area contributed by atoms with E-state index in [9.17, 15) is 18.5 Å². The minimum Gasteiger partial charge on any atom is -0.381 e. The molecule has 0 aliphatic carbocycles. The van der Waals surface area contributed by atoms with Crippen LogP contribution in [0.15, 0.2) is 23.1 Å². The first-order valence-corrected chi connectivity index (χ1v) is 10.8. The van der Waals surface area contributed by atoms with Crippen molar-refractivity contribution < 1.29 is 18.1 Å². The Bertz CT molecular complexity index is 754. The number of anilines is 1. The molecule has 2 aliphatic rings. The number of para-hydroxylation sites is 1. The molecule has 1 atom stereocenters. The average molecular weight is 383 g/mol. The zero-order valence-corrected chi connectivity index (χ0v) is 15.7. The van der Waals surface area contributed by atoms with E-state index in [0.29, 0.717) is 5.92 Å². The molecule has 9 heteroatoms. The first-order chi connectivity index (χ1) is 12.3. The van der Waals surface area contributed by atoms with Crippen LogP contribution in [-0.4, -0.2) is 63.4 Å². The summed E-state index contributed by atoms with van der Waals surface area (Å²) in [5.74, 6) is 0.604. The normalized spacial score (nSPS) is 22.4. The van der Waals surface area contributed by atoms with Gasteiger partial charge >= 0.3 is 5.69 Å². The summed E-state index contributed by atoms with van der Waals surface area (Å²) >= 11 is 0. The fraction of sp³-hybridized carbons (Fsp3) is 0.647. The van der Waals surface area contributed by atoms with E-state index in [1.54, 1.807) is 12.1 Å². The molecule has 8 nitrogen and oxygen atoms in total. The zero-order chi connectivity index (χ0) is 18.7. The number of likely N-dealkylation sites (tertiary alicyclic amines) is 1. The summed E-state index contributed by atoms with van der Waals surface area (Å²) in [6, 6.07) is 4.50. The van der Waals surface area contributed by atoms with Crippen LogP contribution in [0.2, 0.25) is 0 Å². The van der Waals surface area contributed by atoms with Crippen molar-refractivity contribution in [3.8, 4) is 0 Å². The quantitative estimate of drug-likeness (QED) is 0.591. The SMILES string of the molecule is CS(=O)(=O)c1cccc(NC2CCN(CC3CCOC3)CC2)c1[N+](=O)[O-]. The average Bonchev–Trinajstić information content (AvgIpc) is 3.08. The van der Waals surface area contributed by atoms with Crippen molar-refractivity contribution in [2.24, 2.45) is 5.92 Å². The van der Waals surface area contributed by atoms with Gasteiger partial charge in [-0.3, -0.25) is 10.1 Å². The number of ether oxygens (including phenoxy) is 1. The topological polar surface area (TPSA) is 102 Å². The highest BCUT2D eigenvalue weighted by atomic mass is 32.2. The molecular weight excluding hydrogens is 358 g/mol. The molecular formula is C17H25N3O5S. The Morgan fingerprint density at radius 3 is 2.62 bits per heavy atom. The highest BCUT2D eigenvalue weighted by molar-refractivity contribution is 7.90. The molecule has 0 aromatic heterocycles. The van der Waals surface area contributed by atoms with Gasteiger partial charge in [0.1, 0.15) is 10.6 Å². The van der Waals surface area contributed by atoms with E-state index < -0.39 is 14.8 Å². The molecule has 2 heterocycles. The van der Waals surface area contributed by atoms with Gasteiger partial charge in [-0.2, -0.15) is 0 Å². The number of rotatable bonds is 6. The predicted molar refractivity (Wildman–Crippen MR) is 98.2 cm³/mol. The summed E-state index contributed by atoms with van der Waals surface area (Å²) in [6.07, 6.45) is 3.84. The number of piperidine rings is 1. The summed E-state index contributed by atoms with van der Waals surface area (Å²) < 4.78 is 29.1. The van der Waals surface area contributed by atoms with Gasteiger partial charge in [0.15, 0.2) is 9.84 Å². The smallest absolute Gasteiger partial charge is 0.310 e. The van der Waals surface area contributed by atoms with Gasteiger partial charge in [-0.25, -0.2) is 8.42 Å². The van der Waals surface area contributed by atoms with Crippen LogP contribution < -0.4 is 5.32 Å². The highest BCUT2D eigenvalue weighted by Crippen LogP contribution is 2.33. The third-order valence-electron chi connectivity index (χ3n) is 5.07. The summed E-state index contributed by atoms with van der Waals surface area (Å²) in [4.78, 5) is 13.0. The summed E-state index contributed by atoms with van der Waals surface area (Å²) in [6.45, 7) is 4.57. The van der Waals surface area contributed by atoms with Crippen molar-refractivity contribution in [3.05, 3.63) is 28.3 Å². The molecule has 144 valence electrons. The monoisotopic (exact) mass is 383 g/mol. The number of nitrogens with one attached hydrogen (secondary N) is 1. The Morgan fingerprint density at radius 1 is 1.31 bits per heavy atom. The second-order valence-electron chi connectivity index (χ2n) is 7.13. The van der Waals surface area contributed by atoms with E-state index in [2.05, 4.69) is 10.2 Å². The van der Waals surface area contributed by atoms with Crippen molar-refractivity contribution in [1.29, 1.82) is 0 Å². The van der Waals surface area contributed by atoms with Gasteiger partial charge in [0.05, 0.1) is 11.5 Å². The van der Waals surface area contributed by atoms with Crippen LogP contribution in [0.25, 0.3) is 0 Å². The minimum atomic E-state index is -3.67. The van der Waals surface area contributed by atoms with E-state index >= 15 is 0 Å². The molecule has 3 rings (SSSR count). The molecule has 0 spiro atoms. The Hall–Kier alpha value is -1.71. The lowest BCUT2D eigenvalue weighted by molar-refractivity contribution is -0.386. The standard InChI is InChI=1S/C17H25N3O5S/c1-26(23,24)16-4-2-3-15(17(16)20(21)22)18-14-5-8-19(9-6-14)11-13-7-10-25-12-13/h2-4,13-14,18H,5-12H2,1H3. The summed E-state index contributed by atoms with van der Waals surface area (Å²) in [5, 5.41) is 14.7. The Kier molecular flexibility index (Phi) is 5.79. The maximum atomic E-state index is 11.9. The van der Waals surface area contributed by atoms with E-state index in [1.165, 1.54) is 6.07 Å². The van der Waals surface area contributed by atoms with Crippen LogP contribution in [0.5, 0.6) is 0 Å². The van der Waals surface area contributed by atoms with Crippen LogP contribution in [0.3, 0.4) is 0 Å². The second-order valence-corrected chi connectivity index (χ2v) is 9.11. The fourth-order valence-electron chi connectivity index (χ4n) is 3.70. The van der Waals surface area contributed by atoms with Crippen LogP contribution in [0.1, 0.15) is 19.3 Å². The number of sulfone groups is 1. The zero-order valence-electron chi connectivity index (χ0n) is 14.9. The maximum Gasteiger partial charge on any atom is 0.310 e. The number of benzene rings is 1. The largest absolute Gasteiger partial charge is 0.381 e. The van der Waals surface area contributed by atoms with Gasteiger partial charge < -0.3 is 15.0 Å². The van der Waals surface area contributed by atoms with E-state index in [-0.39, 0.29) is 22.3 Å².